The third-order valence-electron chi connectivity index (χ3n) is 4.98. The summed E-state index contributed by atoms with van der Waals surface area (Å²) in [5, 5.41) is 1.87. The van der Waals surface area contributed by atoms with E-state index in [-0.39, 0.29) is 9.92 Å². The van der Waals surface area contributed by atoms with Crippen LogP contribution in [0.15, 0.2) is 59.6 Å². The summed E-state index contributed by atoms with van der Waals surface area (Å²) >= 11 is 12.4. The van der Waals surface area contributed by atoms with Crippen LogP contribution in [0.1, 0.15) is 5.56 Å². The summed E-state index contributed by atoms with van der Waals surface area (Å²) in [5.74, 6) is 0. The molecule has 1 aliphatic rings. The second-order valence-electron chi connectivity index (χ2n) is 6.72. The summed E-state index contributed by atoms with van der Waals surface area (Å²) in [6.07, 6.45) is 1.76. The zero-order valence-corrected chi connectivity index (χ0v) is 17.4. The zero-order chi connectivity index (χ0) is 19.7. The molecule has 0 aliphatic carbocycles. The van der Waals surface area contributed by atoms with Crippen LogP contribution < -0.4 is 0 Å². The van der Waals surface area contributed by atoms with Crippen molar-refractivity contribution in [3.05, 3.63) is 70.3 Å². The van der Waals surface area contributed by atoms with Gasteiger partial charge in [0.1, 0.15) is 4.90 Å². The van der Waals surface area contributed by atoms with Crippen molar-refractivity contribution in [1.82, 2.24) is 14.2 Å². The second-order valence-corrected chi connectivity index (χ2v) is 9.44. The van der Waals surface area contributed by atoms with E-state index >= 15 is 0 Å². The molecule has 0 radical (unpaired) electrons. The number of benzene rings is 2. The first-order chi connectivity index (χ1) is 13.5. The lowest BCUT2D eigenvalue weighted by Gasteiger charge is -2.34. The van der Waals surface area contributed by atoms with E-state index in [9.17, 15) is 8.42 Å². The SMILES string of the molecule is O=S(=O)(c1ccccc1Cl)N1CCN(Cc2ccc(Cl)c3cccnc23)CC1. The van der Waals surface area contributed by atoms with Crippen LogP contribution in [-0.4, -0.2) is 48.8 Å². The largest absolute Gasteiger partial charge is 0.296 e. The van der Waals surface area contributed by atoms with Gasteiger partial charge in [-0.05, 0) is 35.9 Å². The van der Waals surface area contributed by atoms with Gasteiger partial charge in [0.15, 0.2) is 0 Å². The zero-order valence-electron chi connectivity index (χ0n) is 15.1. The number of piperazine rings is 1. The number of hydrogen-bond acceptors (Lipinski definition) is 4. The number of nitrogens with zero attached hydrogens (tertiary/aromatic N) is 3. The molecule has 3 aromatic rings. The number of pyridine rings is 1. The molecule has 0 amide bonds. The van der Waals surface area contributed by atoms with Crippen molar-refractivity contribution in [1.29, 1.82) is 0 Å². The molecule has 1 saturated heterocycles. The number of sulfonamides is 1. The van der Waals surface area contributed by atoms with Crippen molar-refractivity contribution in [3.8, 4) is 0 Å². The highest BCUT2D eigenvalue weighted by Gasteiger charge is 2.30. The maximum atomic E-state index is 12.9. The Morgan fingerprint density at radius 2 is 1.64 bits per heavy atom. The van der Waals surface area contributed by atoms with Crippen LogP contribution in [0.5, 0.6) is 0 Å². The smallest absolute Gasteiger partial charge is 0.244 e. The highest BCUT2D eigenvalue weighted by atomic mass is 35.5. The van der Waals surface area contributed by atoms with E-state index in [0.717, 1.165) is 16.5 Å². The summed E-state index contributed by atoms with van der Waals surface area (Å²) in [5.41, 5.74) is 1.98. The molecule has 0 N–H and O–H groups in total. The average Bonchev–Trinajstić information content (AvgIpc) is 2.71. The van der Waals surface area contributed by atoms with Gasteiger partial charge in [0.25, 0.3) is 0 Å². The molecule has 146 valence electrons. The van der Waals surface area contributed by atoms with Gasteiger partial charge < -0.3 is 0 Å². The minimum atomic E-state index is -3.58. The molecule has 8 heteroatoms. The fraction of sp³-hybridized carbons (Fsp3) is 0.250. The van der Waals surface area contributed by atoms with E-state index in [1.54, 1.807) is 30.5 Å². The van der Waals surface area contributed by atoms with Crippen LogP contribution in [0.3, 0.4) is 0 Å². The molecule has 0 saturated carbocycles. The standard InChI is InChI=1S/C20H19Cl2N3O2S/c21-17-8-7-15(20-16(17)4-3-9-23-20)14-24-10-12-25(13-11-24)28(26,27)19-6-2-1-5-18(19)22/h1-9H,10-14H2. The van der Waals surface area contributed by atoms with Crippen molar-refractivity contribution < 1.29 is 8.42 Å². The molecule has 4 rings (SSSR count). The summed E-state index contributed by atoms with van der Waals surface area (Å²) < 4.78 is 27.3. The Balaban J connectivity index is 1.48. The summed E-state index contributed by atoms with van der Waals surface area (Å²) in [6, 6.07) is 14.3. The van der Waals surface area contributed by atoms with Crippen LogP contribution in [0, 0.1) is 0 Å². The van der Waals surface area contributed by atoms with Crippen LogP contribution in [0.4, 0.5) is 0 Å². The van der Waals surface area contributed by atoms with Gasteiger partial charge in [0.05, 0.1) is 10.5 Å². The lowest BCUT2D eigenvalue weighted by Crippen LogP contribution is -2.48. The van der Waals surface area contributed by atoms with Gasteiger partial charge in [0, 0.05) is 49.3 Å². The van der Waals surface area contributed by atoms with Crippen LogP contribution >= 0.6 is 23.2 Å². The molecular weight excluding hydrogens is 417 g/mol. The second kappa shape index (κ2) is 7.97. The normalized spacial score (nSPS) is 16.5. The number of halogens is 2. The first-order valence-electron chi connectivity index (χ1n) is 8.96. The van der Waals surface area contributed by atoms with Crippen molar-refractivity contribution in [2.24, 2.45) is 0 Å². The molecule has 1 aliphatic heterocycles. The first-order valence-corrected chi connectivity index (χ1v) is 11.2. The Hall–Kier alpha value is -1.70. The molecule has 28 heavy (non-hydrogen) atoms. The monoisotopic (exact) mass is 435 g/mol. The predicted octanol–water partition coefficient (Wildman–Crippen LogP) is 4.05. The molecule has 1 aromatic heterocycles. The molecule has 5 nitrogen and oxygen atoms in total. The Bertz CT molecular complexity index is 1110. The number of fused-ring (bicyclic) bond motifs is 1. The van der Waals surface area contributed by atoms with Crippen LogP contribution in [-0.2, 0) is 16.6 Å². The molecule has 0 bridgehead atoms. The van der Waals surface area contributed by atoms with Crippen molar-refractivity contribution in [3.63, 3.8) is 0 Å². The molecular formula is C20H19Cl2N3O2S. The summed E-state index contributed by atoms with van der Waals surface area (Å²) in [7, 11) is -3.58. The predicted molar refractivity (Wildman–Crippen MR) is 112 cm³/mol. The molecule has 0 unspecified atom stereocenters. The highest BCUT2D eigenvalue weighted by Crippen LogP contribution is 2.27. The minimum absolute atomic E-state index is 0.165. The number of rotatable bonds is 4. The lowest BCUT2D eigenvalue weighted by atomic mass is 10.1. The van der Waals surface area contributed by atoms with E-state index in [2.05, 4.69) is 9.88 Å². The Labute approximate surface area is 174 Å². The first kappa shape index (κ1) is 19.6. The van der Waals surface area contributed by atoms with Crippen molar-refractivity contribution in [2.75, 3.05) is 26.2 Å². The molecule has 2 aromatic carbocycles. The van der Waals surface area contributed by atoms with Crippen molar-refractivity contribution >= 4 is 44.1 Å². The van der Waals surface area contributed by atoms with Crippen molar-refractivity contribution in [2.45, 2.75) is 11.4 Å². The molecule has 2 heterocycles. The van der Waals surface area contributed by atoms with Crippen LogP contribution in [0.2, 0.25) is 10.0 Å². The Morgan fingerprint density at radius 3 is 2.39 bits per heavy atom. The fourth-order valence-corrected chi connectivity index (χ4v) is 5.62. The van der Waals surface area contributed by atoms with E-state index in [0.29, 0.717) is 37.7 Å². The van der Waals surface area contributed by atoms with E-state index in [4.69, 9.17) is 23.2 Å². The molecule has 1 fully saturated rings. The minimum Gasteiger partial charge on any atom is -0.296 e. The van der Waals surface area contributed by atoms with Gasteiger partial charge in [0.2, 0.25) is 10.0 Å². The summed E-state index contributed by atoms with van der Waals surface area (Å²) in [4.78, 5) is 6.88. The molecule has 0 spiro atoms. The highest BCUT2D eigenvalue weighted by molar-refractivity contribution is 7.89. The maximum Gasteiger partial charge on any atom is 0.244 e. The van der Waals surface area contributed by atoms with Gasteiger partial charge in [-0.2, -0.15) is 4.31 Å². The fourth-order valence-electron chi connectivity index (χ4n) is 3.49. The maximum absolute atomic E-state index is 12.9. The lowest BCUT2D eigenvalue weighted by molar-refractivity contribution is 0.182. The topological polar surface area (TPSA) is 53.5 Å². The van der Waals surface area contributed by atoms with Gasteiger partial charge in [-0.1, -0.05) is 41.4 Å². The van der Waals surface area contributed by atoms with E-state index in [1.807, 2.05) is 24.3 Å². The number of aromatic nitrogens is 1. The number of hydrogen-bond donors (Lipinski definition) is 0. The quantitative estimate of drug-likeness (QED) is 0.620. The average molecular weight is 436 g/mol. The summed E-state index contributed by atoms with van der Waals surface area (Å²) in [6.45, 7) is 2.82. The molecule has 0 atom stereocenters. The Morgan fingerprint density at radius 1 is 0.893 bits per heavy atom. The Kier molecular flexibility index (Phi) is 5.58. The van der Waals surface area contributed by atoms with Gasteiger partial charge in [-0.15, -0.1) is 0 Å². The third-order valence-corrected chi connectivity index (χ3v) is 7.71. The van der Waals surface area contributed by atoms with E-state index in [1.165, 1.54) is 4.31 Å². The van der Waals surface area contributed by atoms with E-state index < -0.39 is 10.0 Å². The van der Waals surface area contributed by atoms with Gasteiger partial charge in [-0.25, -0.2) is 8.42 Å². The third kappa shape index (κ3) is 3.75. The van der Waals surface area contributed by atoms with Gasteiger partial charge in [-0.3, -0.25) is 9.88 Å². The van der Waals surface area contributed by atoms with Gasteiger partial charge >= 0.3 is 0 Å². The van der Waals surface area contributed by atoms with Crippen LogP contribution in [0.25, 0.3) is 10.9 Å².